The monoisotopic (exact) mass is 276 g/mol. The molecule has 2 aromatic heterocycles. The minimum absolute atomic E-state index is 0.0505. The highest BCUT2D eigenvalue weighted by molar-refractivity contribution is 5.77. The number of amides is 1. The summed E-state index contributed by atoms with van der Waals surface area (Å²) in [6.45, 7) is 1.28. The second-order valence-corrected chi connectivity index (χ2v) is 4.19. The lowest BCUT2D eigenvalue weighted by Gasteiger charge is -2.04. The molecule has 2 rings (SSSR count). The number of pyridine rings is 1. The van der Waals surface area contributed by atoms with Crippen molar-refractivity contribution in [3.05, 3.63) is 46.6 Å². The van der Waals surface area contributed by atoms with Crippen LogP contribution in [0.25, 0.3) is 0 Å². The lowest BCUT2D eigenvalue weighted by Crippen LogP contribution is -2.29. The molecule has 1 amide bonds. The summed E-state index contributed by atoms with van der Waals surface area (Å²) in [4.78, 5) is 22.5. The first-order valence-corrected chi connectivity index (χ1v) is 6.20. The summed E-state index contributed by atoms with van der Waals surface area (Å²) < 4.78 is 3.22. The molecule has 0 unspecified atom stereocenters. The molecule has 8 nitrogen and oxygen atoms in total. The Morgan fingerprint density at radius 3 is 2.95 bits per heavy atom. The summed E-state index contributed by atoms with van der Waals surface area (Å²) >= 11 is 0. The third kappa shape index (κ3) is 3.75. The molecule has 0 aliphatic heterocycles. The van der Waals surface area contributed by atoms with E-state index in [9.17, 15) is 9.59 Å². The fourth-order valence-corrected chi connectivity index (χ4v) is 1.65. The zero-order chi connectivity index (χ0) is 14.4. The van der Waals surface area contributed by atoms with Crippen molar-refractivity contribution in [2.24, 2.45) is 5.73 Å². The average Bonchev–Trinajstić information content (AvgIpc) is 2.92. The van der Waals surface area contributed by atoms with Gasteiger partial charge in [0.25, 0.3) is 5.56 Å². The van der Waals surface area contributed by atoms with Crippen molar-refractivity contribution in [1.29, 1.82) is 0 Å². The van der Waals surface area contributed by atoms with Gasteiger partial charge in [0.05, 0.1) is 25.8 Å². The van der Waals surface area contributed by atoms with E-state index in [1.165, 1.54) is 6.07 Å². The van der Waals surface area contributed by atoms with Crippen LogP contribution in [-0.2, 0) is 24.4 Å². The first-order valence-electron chi connectivity index (χ1n) is 6.20. The maximum atomic E-state index is 11.5. The molecule has 0 aromatic carbocycles. The van der Waals surface area contributed by atoms with Crippen LogP contribution >= 0.6 is 0 Å². The van der Waals surface area contributed by atoms with Gasteiger partial charge in [-0.2, -0.15) is 0 Å². The third-order valence-corrected chi connectivity index (χ3v) is 2.71. The van der Waals surface area contributed by atoms with Gasteiger partial charge in [-0.25, -0.2) is 0 Å². The number of hydrogen-bond donors (Lipinski definition) is 2. The number of hydrogen-bond acceptors (Lipinski definition) is 5. The zero-order valence-corrected chi connectivity index (χ0v) is 10.9. The van der Waals surface area contributed by atoms with Gasteiger partial charge in [-0.1, -0.05) is 11.3 Å². The van der Waals surface area contributed by atoms with Gasteiger partial charge in [-0.15, -0.1) is 5.10 Å². The van der Waals surface area contributed by atoms with Gasteiger partial charge in [0.1, 0.15) is 5.69 Å². The minimum atomic E-state index is -0.240. The molecule has 3 N–H and O–H groups in total. The van der Waals surface area contributed by atoms with Gasteiger partial charge in [0.15, 0.2) is 0 Å². The number of aryl methyl sites for hydroxylation is 2. The molecule has 0 fully saturated rings. The van der Waals surface area contributed by atoms with Crippen LogP contribution < -0.4 is 16.6 Å². The summed E-state index contributed by atoms with van der Waals surface area (Å²) in [6, 6.07) is 5.01. The van der Waals surface area contributed by atoms with Crippen molar-refractivity contribution in [3.63, 3.8) is 0 Å². The Morgan fingerprint density at radius 1 is 1.35 bits per heavy atom. The molecule has 0 spiro atoms. The van der Waals surface area contributed by atoms with Crippen molar-refractivity contribution < 1.29 is 4.79 Å². The molecule has 2 heterocycles. The number of carbonyl (C=O) groups excluding carboxylic acids is 1. The Labute approximate surface area is 115 Å². The number of aromatic nitrogens is 4. The quantitative estimate of drug-likeness (QED) is 0.683. The fraction of sp³-hybridized carbons (Fsp3) is 0.333. The van der Waals surface area contributed by atoms with Gasteiger partial charge < -0.3 is 15.6 Å². The molecule has 0 saturated carbocycles. The van der Waals surface area contributed by atoms with Crippen LogP contribution in [0, 0.1) is 0 Å². The van der Waals surface area contributed by atoms with Crippen molar-refractivity contribution in [2.75, 3.05) is 6.54 Å². The lowest BCUT2D eigenvalue weighted by molar-refractivity contribution is -0.119. The van der Waals surface area contributed by atoms with Crippen LogP contribution in [0.2, 0.25) is 0 Å². The van der Waals surface area contributed by atoms with Crippen molar-refractivity contribution in [3.8, 4) is 0 Å². The molecule has 0 atom stereocenters. The Balaban J connectivity index is 1.88. The van der Waals surface area contributed by atoms with Crippen LogP contribution in [0.1, 0.15) is 5.69 Å². The number of nitrogens with two attached hydrogens (primary N) is 1. The summed E-state index contributed by atoms with van der Waals surface area (Å²) in [5, 5.41) is 10.5. The maximum absolute atomic E-state index is 11.5. The summed E-state index contributed by atoms with van der Waals surface area (Å²) in [7, 11) is 0. The van der Waals surface area contributed by atoms with Gasteiger partial charge in [-0.05, 0) is 6.07 Å². The number of carbonyl (C=O) groups is 1. The number of nitrogens with one attached hydrogen (secondary N) is 1. The maximum Gasteiger partial charge on any atom is 0.250 e. The minimum Gasteiger partial charge on any atom is -0.349 e. The first-order chi connectivity index (χ1) is 9.69. The molecule has 0 saturated heterocycles. The molecule has 0 bridgehead atoms. The van der Waals surface area contributed by atoms with E-state index < -0.39 is 0 Å². The second-order valence-electron chi connectivity index (χ2n) is 4.19. The molecule has 8 heteroatoms. The zero-order valence-electron chi connectivity index (χ0n) is 10.9. The molecule has 0 aliphatic carbocycles. The topological polar surface area (TPSA) is 108 Å². The molecular formula is C12H16N6O2. The molecule has 0 aliphatic rings. The Bertz CT molecular complexity index is 633. The predicted octanol–water partition coefficient (Wildman–Crippen LogP) is -1.29. The predicted molar refractivity (Wildman–Crippen MR) is 71.6 cm³/mol. The summed E-state index contributed by atoms with van der Waals surface area (Å²) in [5.74, 6) is -0.240. The third-order valence-electron chi connectivity index (χ3n) is 2.71. The van der Waals surface area contributed by atoms with E-state index in [0.29, 0.717) is 25.3 Å². The van der Waals surface area contributed by atoms with Gasteiger partial charge in [0, 0.05) is 18.8 Å². The second kappa shape index (κ2) is 6.62. The van der Waals surface area contributed by atoms with E-state index in [2.05, 4.69) is 15.6 Å². The van der Waals surface area contributed by atoms with E-state index in [4.69, 9.17) is 5.73 Å². The Morgan fingerprint density at radius 2 is 2.20 bits per heavy atom. The normalized spacial score (nSPS) is 10.4. The highest BCUT2D eigenvalue weighted by Crippen LogP contribution is 1.94. The Kier molecular flexibility index (Phi) is 4.61. The van der Waals surface area contributed by atoms with Crippen molar-refractivity contribution in [1.82, 2.24) is 24.9 Å². The highest BCUT2D eigenvalue weighted by atomic mass is 16.1. The fourth-order valence-electron chi connectivity index (χ4n) is 1.65. The van der Waals surface area contributed by atoms with E-state index in [1.54, 1.807) is 33.8 Å². The molecule has 0 radical (unpaired) electrons. The average molecular weight is 276 g/mol. The Hall–Kier alpha value is -2.48. The van der Waals surface area contributed by atoms with E-state index >= 15 is 0 Å². The molecule has 2 aromatic rings. The van der Waals surface area contributed by atoms with Crippen LogP contribution in [0.3, 0.4) is 0 Å². The largest absolute Gasteiger partial charge is 0.349 e. The summed E-state index contributed by atoms with van der Waals surface area (Å²) in [5.41, 5.74) is 5.77. The first kappa shape index (κ1) is 13.9. The van der Waals surface area contributed by atoms with Crippen LogP contribution in [0.5, 0.6) is 0 Å². The van der Waals surface area contributed by atoms with Crippen molar-refractivity contribution in [2.45, 2.75) is 19.6 Å². The standard InChI is InChI=1S/C12H16N6O2/c13-7-11(19)14-8-10-9-18(16-15-10)6-5-17-4-2-1-3-12(17)20/h1-4,9H,5-8,13H2,(H,14,19). The van der Waals surface area contributed by atoms with E-state index in [0.717, 1.165) is 0 Å². The van der Waals surface area contributed by atoms with Crippen molar-refractivity contribution >= 4 is 5.91 Å². The highest BCUT2D eigenvalue weighted by Gasteiger charge is 2.03. The van der Waals surface area contributed by atoms with Gasteiger partial charge >= 0.3 is 0 Å². The molecule has 106 valence electrons. The number of rotatable bonds is 6. The number of nitrogens with zero attached hydrogens (tertiary/aromatic N) is 4. The lowest BCUT2D eigenvalue weighted by atomic mass is 10.4. The van der Waals surface area contributed by atoms with E-state index in [1.807, 2.05) is 0 Å². The summed E-state index contributed by atoms with van der Waals surface area (Å²) in [6.07, 6.45) is 3.45. The van der Waals surface area contributed by atoms with Crippen LogP contribution in [0.4, 0.5) is 0 Å². The SMILES string of the molecule is NCC(=O)NCc1cn(CCn2ccccc2=O)nn1. The van der Waals surface area contributed by atoms with Gasteiger partial charge in [0.2, 0.25) is 5.91 Å². The smallest absolute Gasteiger partial charge is 0.250 e. The van der Waals surface area contributed by atoms with Gasteiger partial charge in [-0.3, -0.25) is 14.3 Å². The molecular weight excluding hydrogens is 260 g/mol. The van der Waals surface area contributed by atoms with E-state index in [-0.39, 0.29) is 18.0 Å². The van der Waals surface area contributed by atoms with Crippen LogP contribution in [-0.4, -0.2) is 32.0 Å². The van der Waals surface area contributed by atoms with Crippen LogP contribution in [0.15, 0.2) is 35.4 Å². The molecule has 20 heavy (non-hydrogen) atoms.